The highest BCUT2D eigenvalue weighted by Crippen LogP contribution is 2.47. The van der Waals surface area contributed by atoms with Gasteiger partial charge in [0, 0.05) is 40.6 Å². The lowest BCUT2D eigenvalue weighted by Crippen LogP contribution is -2.55. The van der Waals surface area contributed by atoms with Gasteiger partial charge in [0.2, 0.25) is 0 Å². The Labute approximate surface area is 331 Å². The van der Waals surface area contributed by atoms with E-state index >= 15 is 0 Å². The van der Waals surface area contributed by atoms with Gasteiger partial charge in [0.05, 0.1) is 37.1 Å². The quantitative estimate of drug-likeness (QED) is 0.132. The average molecular weight is 772 g/mol. The first kappa shape index (κ1) is 37.6. The number of hydrogen-bond donors (Lipinski definition) is 3. The maximum atomic E-state index is 14.4. The summed E-state index contributed by atoms with van der Waals surface area (Å²) in [4.78, 5) is 34.4. The molecule has 3 N–H and O–H groups in total. The Morgan fingerprint density at radius 3 is 2.39 bits per heavy atom. The number of amides is 2. The molecule has 2 saturated heterocycles. The SMILES string of the molecule is C[C@@H](/C=C/CCn1cc(C(CO)c2ccccc2)nn1)[C@]1(O)C(=O)N(Cc2cccc(N3CN(c4ccccc4)C4(CCNCC4)C3=O)c2)c2ccc(Cl)cc21. The van der Waals surface area contributed by atoms with Crippen LogP contribution < -0.4 is 20.0 Å². The fourth-order valence-electron chi connectivity index (χ4n) is 8.53. The number of aromatic nitrogens is 3. The van der Waals surface area contributed by atoms with Crippen LogP contribution in [0.3, 0.4) is 0 Å². The number of fused-ring (bicyclic) bond motifs is 1. The number of carbonyl (C=O) groups excluding carboxylic acids is 2. The molecule has 8 rings (SSSR count). The Morgan fingerprint density at radius 2 is 1.64 bits per heavy atom. The van der Waals surface area contributed by atoms with E-state index in [-0.39, 0.29) is 25.0 Å². The molecule has 0 saturated carbocycles. The number of halogens is 1. The first-order valence-corrected chi connectivity index (χ1v) is 19.6. The predicted octanol–water partition coefficient (Wildman–Crippen LogP) is 6.01. The third kappa shape index (κ3) is 6.79. The van der Waals surface area contributed by atoms with Gasteiger partial charge in [0.15, 0.2) is 5.60 Å². The molecule has 3 aliphatic rings. The van der Waals surface area contributed by atoms with Crippen molar-refractivity contribution in [1.29, 1.82) is 0 Å². The van der Waals surface area contributed by atoms with Crippen LogP contribution in [0.2, 0.25) is 5.02 Å². The molecule has 1 spiro atoms. The fourth-order valence-corrected chi connectivity index (χ4v) is 8.70. The van der Waals surface area contributed by atoms with Crippen LogP contribution in [0.4, 0.5) is 17.1 Å². The minimum absolute atomic E-state index is 0.0784. The number of aliphatic hydroxyl groups excluding tert-OH is 1. The summed E-state index contributed by atoms with van der Waals surface area (Å²) in [7, 11) is 0. The summed E-state index contributed by atoms with van der Waals surface area (Å²) in [5.74, 6) is -1.20. The Hall–Kier alpha value is -5.33. The summed E-state index contributed by atoms with van der Waals surface area (Å²) in [6, 6.07) is 32.8. The summed E-state index contributed by atoms with van der Waals surface area (Å²) >= 11 is 6.47. The van der Waals surface area contributed by atoms with E-state index in [1.165, 1.54) is 0 Å². The predicted molar refractivity (Wildman–Crippen MR) is 217 cm³/mol. The minimum atomic E-state index is -1.85. The Kier molecular flexibility index (Phi) is 10.5. The summed E-state index contributed by atoms with van der Waals surface area (Å²) in [6.07, 6.45) is 7.65. The second-order valence-electron chi connectivity index (χ2n) is 15.0. The molecule has 0 bridgehead atoms. The van der Waals surface area contributed by atoms with Crippen LogP contribution in [-0.4, -0.2) is 68.9 Å². The third-order valence-corrected chi connectivity index (χ3v) is 11.9. The van der Waals surface area contributed by atoms with Crippen molar-refractivity contribution in [3.05, 3.63) is 149 Å². The van der Waals surface area contributed by atoms with Crippen molar-refractivity contribution in [1.82, 2.24) is 20.3 Å². The molecule has 3 atom stereocenters. The van der Waals surface area contributed by atoms with Crippen molar-refractivity contribution in [2.75, 3.05) is 41.1 Å². The van der Waals surface area contributed by atoms with Gasteiger partial charge in [-0.3, -0.25) is 19.2 Å². The van der Waals surface area contributed by atoms with Crippen molar-refractivity contribution in [2.45, 2.75) is 56.3 Å². The highest BCUT2D eigenvalue weighted by atomic mass is 35.5. The van der Waals surface area contributed by atoms with Gasteiger partial charge in [-0.25, -0.2) is 0 Å². The van der Waals surface area contributed by atoms with Gasteiger partial charge in [-0.2, -0.15) is 0 Å². The van der Waals surface area contributed by atoms with Gasteiger partial charge in [0.25, 0.3) is 11.8 Å². The number of rotatable bonds is 12. The number of hydrogen-bond acceptors (Lipinski definition) is 8. The molecule has 2 amide bonds. The molecule has 5 aromatic rings. The van der Waals surface area contributed by atoms with Crippen LogP contribution in [0.15, 0.2) is 121 Å². The van der Waals surface area contributed by atoms with E-state index in [1.807, 2.05) is 103 Å². The van der Waals surface area contributed by atoms with Gasteiger partial charge in [-0.1, -0.05) is 96.6 Å². The van der Waals surface area contributed by atoms with Crippen molar-refractivity contribution in [3.8, 4) is 0 Å². The maximum Gasteiger partial charge on any atom is 0.264 e. The van der Waals surface area contributed by atoms with Crippen molar-refractivity contribution in [3.63, 3.8) is 0 Å². The van der Waals surface area contributed by atoms with E-state index in [2.05, 4.69) is 32.7 Å². The van der Waals surface area contributed by atoms with Crippen molar-refractivity contribution in [2.24, 2.45) is 5.92 Å². The molecule has 1 unspecified atom stereocenters. The van der Waals surface area contributed by atoms with Crippen molar-refractivity contribution < 1.29 is 19.8 Å². The molecular weight excluding hydrogens is 726 g/mol. The Morgan fingerprint density at radius 1 is 0.911 bits per heavy atom. The number of piperidine rings is 1. The molecule has 4 aromatic carbocycles. The molecular formula is C44H46ClN7O4. The Balaban J connectivity index is 0.985. The molecule has 0 aliphatic carbocycles. The summed E-state index contributed by atoms with van der Waals surface area (Å²) in [6.45, 7) is 4.44. The largest absolute Gasteiger partial charge is 0.395 e. The molecule has 12 heteroatoms. The smallest absolute Gasteiger partial charge is 0.264 e. The second kappa shape index (κ2) is 15.7. The second-order valence-corrected chi connectivity index (χ2v) is 15.4. The van der Waals surface area contributed by atoms with Gasteiger partial charge in [-0.15, -0.1) is 5.10 Å². The van der Waals surface area contributed by atoms with Crippen LogP contribution in [0.5, 0.6) is 0 Å². The molecule has 2 fully saturated rings. The maximum absolute atomic E-state index is 14.4. The average Bonchev–Trinajstić information content (AvgIpc) is 3.86. The number of para-hydroxylation sites is 1. The molecule has 11 nitrogen and oxygen atoms in total. The number of aryl methyl sites for hydroxylation is 1. The van der Waals surface area contributed by atoms with Gasteiger partial charge in [0.1, 0.15) is 5.54 Å². The zero-order chi connectivity index (χ0) is 38.9. The van der Waals surface area contributed by atoms with Crippen LogP contribution in [-0.2, 0) is 28.3 Å². The first-order valence-electron chi connectivity index (χ1n) is 19.2. The van der Waals surface area contributed by atoms with E-state index in [1.54, 1.807) is 27.8 Å². The number of allylic oxidation sites excluding steroid dienone is 1. The number of nitrogens with zero attached hydrogens (tertiary/aromatic N) is 6. The van der Waals surface area contributed by atoms with Gasteiger partial charge >= 0.3 is 0 Å². The van der Waals surface area contributed by atoms with E-state index in [9.17, 15) is 19.8 Å². The number of aliphatic hydroxyl groups is 2. The number of benzene rings is 4. The highest BCUT2D eigenvalue weighted by molar-refractivity contribution is 6.31. The molecule has 4 heterocycles. The standard InChI is InChI=1S/C44H46ClN7O4/c1-31(11-8-9-24-49-28-39(47-48-49)37(29-53)33-13-4-2-5-14-33)44(56)38-26-34(45)18-19-40(38)50(42(44)55)27-32-12-10-17-36(25-32)51-30-52(35-15-6-3-7-16-35)43(41(51)54)20-22-46-23-21-43/h2-8,10-19,25-26,28,31,37,46,53,56H,9,20-24,27,29-30H2,1H3/b11-8+/t31-,37?,44+/m0/s1. The lowest BCUT2D eigenvalue weighted by molar-refractivity contribution is -0.139. The van der Waals surface area contributed by atoms with E-state index < -0.39 is 23.0 Å². The molecule has 3 aliphatic heterocycles. The highest BCUT2D eigenvalue weighted by Gasteiger charge is 2.54. The minimum Gasteiger partial charge on any atom is -0.395 e. The number of nitrogens with one attached hydrogen (secondary N) is 1. The first-order chi connectivity index (χ1) is 27.2. The Bertz CT molecular complexity index is 2220. The summed E-state index contributed by atoms with van der Waals surface area (Å²) < 4.78 is 1.73. The summed E-state index contributed by atoms with van der Waals surface area (Å²) in [5, 5.41) is 34.7. The van der Waals surface area contributed by atoms with Crippen LogP contribution in [0.25, 0.3) is 0 Å². The molecule has 0 radical (unpaired) electrons. The normalized spacial score (nSPS) is 20.3. The lowest BCUT2D eigenvalue weighted by atomic mass is 9.83. The monoisotopic (exact) mass is 771 g/mol. The molecule has 1 aromatic heterocycles. The van der Waals surface area contributed by atoms with E-state index in [4.69, 9.17) is 11.6 Å². The number of anilines is 3. The molecule has 56 heavy (non-hydrogen) atoms. The van der Waals surface area contributed by atoms with Crippen LogP contribution in [0.1, 0.15) is 54.5 Å². The van der Waals surface area contributed by atoms with E-state index in [0.717, 1.165) is 35.6 Å². The zero-order valence-corrected chi connectivity index (χ0v) is 32.1. The van der Waals surface area contributed by atoms with Gasteiger partial charge < -0.3 is 25.3 Å². The van der Waals surface area contributed by atoms with E-state index in [0.29, 0.717) is 54.4 Å². The lowest BCUT2D eigenvalue weighted by Gasteiger charge is -2.39. The number of carbonyl (C=O) groups is 2. The third-order valence-electron chi connectivity index (χ3n) is 11.6. The molecule has 288 valence electrons. The van der Waals surface area contributed by atoms with Crippen LogP contribution >= 0.6 is 11.6 Å². The van der Waals surface area contributed by atoms with Crippen LogP contribution in [0, 0.1) is 5.92 Å². The summed E-state index contributed by atoms with van der Waals surface area (Å²) in [5.41, 5.74) is 2.85. The zero-order valence-electron chi connectivity index (χ0n) is 31.3. The fraction of sp³-hybridized carbons (Fsp3) is 0.318. The van der Waals surface area contributed by atoms with Gasteiger partial charge in [-0.05, 0) is 85.9 Å². The van der Waals surface area contributed by atoms with Crippen molar-refractivity contribution >= 4 is 40.5 Å². The topological polar surface area (TPSA) is 127 Å².